The predicted molar refractivity (Wildman–Crippen MR) is 165 cm³/mol. The Morgan fingerprint density at radius 2 is 1.28 bits per heavy atom. The Kier molecular flexibility index (Phi) is 4.86. The van der Waals surface area contributed by atoms with Gasteiger partial charge in [-0.1, -0.05) is 84.9 Å². The molecule has 188 valence electrons. The van der Waals surface area contributed by atoms with E-state index in [4.69, 9.17) is 11.5 Å². The lowest BCUT2D eigenvalue weighted by atomic mass is 10.00. The Bertz CT molecular complexity index is 2020. The molecule has 2 atom stereocenters. The van der Waals surface area contributed by atoms with Crippen LogP contribution in [0, 0.1) is 0 Å². The van der Waals surface area contributed by atoms with Crippen LogP contribution < -0.4 is 16.4 Å². The molecule has 4 N–H and O–H groups in total. The van der Waals surface area contributed by atoms with Crippen LogP contribution in [0.4, 0.5) is 17.1 Å². The fourth-order valence-electron chi connectivity index (χ4n) is 6.39. The van der Waals surface area contributed by atoms with E-state index in [1.54, 1.807) is 0 Å². The zero-order valence-corrected chi connectivity index (χ0v) is 22.0. The van der Waals surface area contributed by atoms with Gasteiger partial charge in [0.05, 0.1) is 39.4 Å². The summed E-state index contributed by atoms with van der Waals surface area (Å²) in [6.45, 7) is 0. The first kappa shape index (κ1) is 22.4. The maximum atomic E-state index is 7.15. The molecule has 8 rings (SSSR count). The molecule has 2 aromatic heterocycles. The molecule has 0 bridgehead atoms. The van der Waals surface area contributed by atoms with Gasteiger partial charge in [-0.3, -0.25) is 0 Å². The van der Waals surface area contributed by atoms with Gasteiger partial charge in [0, 0.05) is 32.2 Å². The van der Waals surface area contributed by atoms with Crippen LogP contribution in [0.1, 0.15) is 23.3 Å². The molecule has 0 radical (unpaired) electrons. The molecule has 1 aliphatic heterocycles. The topological polar surface area (TPSA) is 60.2 Å². The van der Waals surface area contributed by atoms with E-state index in [0.717, 1.165) is 44.9 Å². The second-order valence-electron chi connectivity index (χ2n) is 10.1. The molecule has 1 aliphatic rings. The number of aromatic nitrogens is 1. The van der Waals surface area contributed by atoms with Crippen LogP contribution in [0.15, 0.2) is 121 Å². The molecule has 7 aromatic rings. The highest BCUT2D eigenvalue weighted by molar-refractivity contribution is 7.26. The molecule has 5 heteroatoms. The van der Waals surface area contributed by atoms with Crippen molar-refractivity contribution in [2.75, 3.05) is 10.6 Å². The van der Waals surface area contributed by atoms with Gasteiger partial charge < -0.3 is 20.9 Å². The van der Waals surface area contributed by atoms with Crippen molar-refractivity contribution in [2.45, 2.75) is 12.1 Å². The number of rotatable bonds is 3. The summed E-state index contributed by atoms with van der Waals surface area (Å²) in [6, 6.07) is 42.2. The molecular weight excluding hydrogens is 496 g/mol. The van der Waals surface area contributed by atoms with Gasteiger partial charge in [0.15, 0.2) is 0 Å². The lowest BCUT2D eigenvalue weighted by Gasteiger charge is -2.31. The van der Waals surface area contributed by atoms with Crippen molar-refractivity contribution in [2.24, 2.45) is 5.73 Å². The Balaban J connectivity index is 1.47. The van der Waals surface area contributed by atoms with Crippen LogP contribution in [-0.4, -0.2) is 4.57 Å². The standard InChI is InChI=1S/C34H26N4S/c35-30-24-14-4-7-17-26(24)37(21-11-2-1-3-12-21)32(30)33-31(36)25-15-5-8-18-27(25)38(33)28-19-10-16-23-22-13-6-9-20-29(22)39-34(23)28/h1-20,30,32H,35-36H2. The average Bonchev–Trinajstić information content (AvgIpc) is 3.61. The number of para-hydroxylation sites is 3. The van der Waals surface area contributed by atoms with Crippen molar-refractivity contribution in [3.8, 4) is 5.69 Å². The summed E-state index contributed by atoms with van der Waals surface area (Å²) < 4.78 is 4.90. The van der Waals surface area contributed by atoms with E-state index in [2.05, 4.69) is 125 Å². The monoisotopic (exact) mass is 522 g/mol. The van der Waals surface area contributed by atoms with Crippen LogP contribution in [0.25, 0.3) is 36.8 Å². The molecule has 0 amide bonds. The third kappa shape index (κ3) is 3.15. The molecular formula is C34H26N4S. The first-order chi connectivity index (χ1) is 19.2. The molecule has 39 heavy (non-hydrogen) atoms. The second-order valence-corrected chi connectivity index (χ2v) is 11.2. The molecule has 3 heterocycles. The van der Waals surface area contributed by atoms with Gasteiger partial charge >= 0.3 is 0 Å². The first-order valence-corrected chi connectivity index (χ1v) is 14.0. The summed E-state index contributed by atoms with van der Waals surface area (Å²) in [5, 5.41) is 3.58. The molecule has 4 nitrogen and oxygen atoms in total. The zero-order chi connectivity index (χ0) is 26.1. The average molecular weight is 523 g/mol. The van der Waals surface area contributed by atoms with Crippen LogP contribution in [0.5, 0.6) is 0 Å². The van der Waals surface area contributed by atoms with Gasteiger partial charge in [-0.2, -0.15) is 0 Å². The largest absolute Gasteiger partial charge is 0.397 e. The zero-order valence-electron chi connectivity index (χ0n) is 21.2. The third-order valence-electron chi connectivity index (χ3n) is 8.06. The summed E-state index contributed by atoms with van der Waals surface area (Å²) in [7, 11) is 0. The van der Waals surface area contributed by atoms with E-state index in [9.17, 15) is 0 Å². The Labute approximate surface area is 230 Å². The molecule has 5 aromatic carbocycles. The molecule has 0 spiro atoms. The SMILES string of the molecule is Nc1c(C2C(N)c3ccccc3N2c2ccccc2)n(-c2cccc3c2sc2ccccc23)c2ccccc12. The van der Waals surface area contributed by atoms with Crippen molar-refractivity contribution in [3.63, 3.8) is 0 Å². The summed E-state index contributed by atoms with van der Waals surface area (Å²) in [5.41, 5.74) is 21.6. The summed E-state index contributed by atoms with van der Waals surface area (Å²) in [4.78, 5) is 2.37. The number of nitrogens with zero attached hydrogens (tertiary/aromatic N) is 2. The number of thiophene rings is 1. The molecule has 0 saturated heterocycles. The maximum Gasteiger partial charge on any atom is 0.0960 e. The minimum Gasteiger partial charge on any atom is -0.397 e. The lowest BCUT2D eigenvalue weighted by molar-refractivity contribution is 0.583. The normalized spacial score (nSPS) is 16.9. The lowest BCUT2D eigenvalue weighted by Crippen LogP contribution is -2.28. The smallest absolute Gasteiger partial charge is 0.0960 e. The van der Waals surface area contributed by atoms with Gasteiger partial charge in [-0.25, -0.2) is 0 Å². The van der Waals surface area contributed by atoms with Crippen LogP contribution in [-0.2, 0) is 0 Å². The number of nitrogens with two attached hydrogens (primary N) is 2. The van der Waals surface area contributed by atoms with E-state index < -0.39 is 0 Å². The second kappa shape index (κ2) is 8.46. The van der Waals surface area contributed by atoms with Crippen molar-refractivity contribution in [1.29, 1.82) is 0 Å². The van der Waals surface area contributed by atoms with Gasteiger partial charge in [0.2, 0.25) is 0 Å². The van der Waals surface area contributed by atoms with E-state index in [1.807, 2.05) is 17.4 Å². The van der Waals surface area contributed by atoms with Gasteiger partial charge in [-0.05, 0) is 42.0 Å². The van der Waals surface area contributed by atoms with Gasteiger partial charge in [0.1, 0.15) is 0 Å². The first-order valence-electron chi connectivity index (χ1n) is 13.2. The predicted octanol–water partition coefficient (Wildman–Crippen LogP) is 8.47. The van der Waals surface area contributed by atoms with Crippen molar-refractivity contribution >= 4 is 59.5 Å². The summed E-state index contributed by atoms with van der Waals surface area (Å²) in [5.74, 6) is 0. The summed E-state index contributed by atoms with van der Waals surface area (Å²) >= 11 is 1.83. The molecule has 0 aliphatic carbocycles. The van der Waals surface area contributed by atoms with E-state index in [1.165, 1.54) is 20.2 Å². The summed E-state index contributed by atoms with van der Waals surface area (Å²) in [6.07, 6.45) is 0. The van der Waals surface area contributed by atoms with E-state index in [0.29, 0.717) is 0 Å². The number of nitrogen functional groups attached to an aromatic ring is 1. The van der Waals surface area contributed by atoms with Crippen LogP contribution in [0.3, 0.4) is 0 Å². The maximum absolute atomic E-state index is 7.15. The number of hydrogen-bond donors (Lipinski definition) is 2. The number of hydrogen-bond acceptors (Lipinski definition) is 4. The highest BCUT2D eigenvalue weighted by Gasteiger charge is 2.41. The van der Waals surface area contributed by atoms with Crippen LogP contribution >= 0.6 is 11.3 Å². The third-order valence-corrected chi connectivity index (χ3v) is 9.27. The van der Waals surface area contributed by atoms with E-state index >= 15 is 0 Å². The van der Waals surface area contributed by atoms with Crippen LogP contribution in [0.2, 0.25) is 0 Å². The number of anilines is 3. The molecule has 2 unspecified atom stereocenters. The van der Waals surface area contributed by atoms with Crippen molar-refractivity contribution in [3.05, 3.63) is 133 Å². The van der Waals surface area contributed by atoms with Gasteiger partial charge in [0.25, 0.3) is 0 Å². The Morgan fingerprint density at radius 1 is 0.615 bits per heavy atom. The van der Waals surface area contributed by atoms with Crippen molar-refractivity contribution in [1.82, 2.24) is 4.57 Å². The van der Waals surface area contributed by atoms with E-state index in [-0.39, 0.29) is 12.1 Å². The highest BCUT2D eigenvalue weighted by Crippen LogP contribution is 2.53. The number of fused-ring (bicyclic) bond motifs is 5. The Morgan fingerprint density at radius 3 is 2.15 bits per heavy atom. The minimum atomic E-state index is -0.256. The van der Waals surface area contributed by atoms with Gasteiger partial charge in [-0.15, -0.1) is 11.3 Å². The van der Waals surface area contributed by atoms with Crippen molar-refractivity contribution < 1.29 is 0 Å². The minimum absolute atomic E-state index is 0.193. The molecule has 0 saturated carbocycles. The molecule has 0 fully saturated rings. The highest BCUT2D eigenvalue weighted by atomic mass is 32.1. The fraction of sp³-hybridized carbons (Fsp3) is 0.0588. The Hall–Kier alpha value is -4.58. The number of benzene rings is 5. The quantitative estimate of drug-likeness (QED) is 0.245. The fourth-order valence-corrected chi connectivity index (χ4v) is 7.60.